The van der Waals surface area contributed by atoms with Gasteiger partial charge in [0.15, 0.2) is 0 Å². The lowest BCUT2D eigenvalue weighted by Crippen LogP contribution is -2.36. The molecule has 18 heavy (non-hydrogen) atoms. The molecule has 1 aromatic rings. The number of rotatable bonds is 4. The molecule has 0 bridgehead atoms. The smallest absolute Gasteiger partial charge is 0.0594 e. The summed E-state index contributed by atoms with van der Waals surface area (Å²) in [6.07, 6.45) is 3.39. The van der Waals surface area contributed by atoms with Crippen molar-refractivity contribution in [2.45, 2.75) is 31.3 Å². The van der Waals surface area contributed by atoms with Crippen LogP contribution in [0.5, 0.6) is 0 Å². The standard InChI is InChI=1S/C15H22N2O/c16-15(5-6-15)11-13-3-1-2-4-14(13)12-17-7-9-18-10-8-17/h1-4H,5-12,16H2. The van der Waals surface area contributed by atoms with E-state index < -0.39 is 0 Å². The highest BCUT2D eigenvalue weighted by molar-refractivity contribution is 5.30. The fourth-order valence-corrected chi connectivity index (χ4v) is 2.60. The van der Waals surface area contributed by atoms with Gasteiger partial charge in [-0.1, -0.05) is 24.3 Å². The van der Waals surface area contributed by atoms with E-state index in [1.807, 2.05) is 0 Å². The van der Waals surface area contributed by atoms with Gasteiger partial charge in [-0.05, 0) is 30.4 Å². The van der Waals surface area contributed by atoms with Crippen LogP contribution in [-0.2, 0) is 17.7 Å². The van der Waals surface area contributed by atoms with Crippen LogP contribution in [0.2, 0.25) is 0 Å². The maximum atomic E-state index is 6.25. The molecule has 3 nitrogen and oxygen atoms in total. The van der Waals surface area contributed by atoms with Gasteiger partial charge < -0.3 is 10.5 Å². The highest BCUT2D eigenvalue weighted by Gasteiger charge is 2.38. The summed E-state index contributed by atoms with van der Waals surface area (Å²) < 4.78 is 5.40. The third-order valence-corrected chi connectivity index (χ3v) is 4.05. The number of benzene rings is 1. The minimum absolute atomic E-state index is 0.0983. The molecule has 0 aromatic heterocycles. The summed E-state index contributed by atoms with van der Waals surface area (Å²) in [4.78, 5) is 2.47. The Labute approximate surface area is 109 Å². The normalized spacial score (nSPS) is 22.9. The largest absolute Gasteiger partial charge is 0.379 e. The Kier molecular flexibility index (Phi) is 3.37. The molecule has 2 fully saturated rings. The third kappa shape index (κ3) is 2.91. The van der Waals surface area contributed by atoms with Gasteiger partial charge in [-0.25, -0.2) is 0 Å². The fraction of sp³-hybridized carbons (Fsp3) is 0.600. The van der Waals surface area contributed by atoms with Crippen LogP contribution in [0.1, 0.15) is 24.0 Å². The van der Waals surface area contributed by atoms with E-state index >= 15 is 0 Å². The van der Waals surface area contributed by atoms with Crippen LogP contribution in [0.3, 0.4) is 0 Å². The predicted octanol–water partition coefficient (Wildman–Crippen LogP) is 1.55. The van der Waals surface area contributed by atoms with Gasteiger partial charge in [-0.3, -0.25) is 4.90 Å². The Morgan fingerprint density at radius 2 is 1.78 bits per heavy atom. The molecule has 1 heterocycles. The summed E-state index contributed by atoms with van der Waals surface area (Å²) in [6.45, 7) is 4.85. The van der Waals surface area contributed by atoms with E-state index in [0.717, 1.165) is 39.3 Å². The second-order valence-corrected chi connectivity index (χ2v) is 5.70. The molecule has 0 radical (unpaired) electrons. The molecule has 0 unspecified atom stereocenters. The summed E-state index contributed by atoms with van der Waals surface area (Å²) in [5, 5.41) is 0. The average Bonchev–Trinajstić information content (AvgIpc) is 3.11. The third-order valence-electron chi connectivity index (χ3n) is 4.05. The molecule has 0 amide bonds. The quantitative estimate of drug-likeness (QED) is 0.876. The predicted molar refractivity (Wildman–Crippen MR) is 72.4 cm³/mol. The van der Waals surface area contributed by atoms with E-state index in [1.165, 1.54) is 24.0 Å². The minimum Gasteiger partial charge on any atom is -0.379 e. The van der Waals surface area contributed by atoms with Crippen LogP contribution in [-0.4, -0.2) is 36.7 Å². The van der Waals surface area contributed by atoms with Crippen LogP contribution in [0.15, 0.2) is 24.3 Å². The van der Waals surface area contributed by atoms with Crippen molar-refractivity contribution in [3.8, 4) is 0 Å². The molecule has 0 spiro atoms. The maximum Gasteiger partial charge on any atom is 0.0594 e. The molecule has 98 valence electrons. The summed E-state index contributed by atoms with van der Waals surface area (Å²) in [6, 6.07) is 8.75. The van der Waals surface area contributed by atoms with Gasteiger partial charge in [-0.15, -0.1) is 0 Å². The van der Waals surface area contributed by atoms with Crippen LogP contribution >= 0.6 is 0 Å². The van der Waals surface area contributed by atoms with Crippen molar-refractivity contribution < 1.29 is 4.74 Å². The number of hydrogen-bond acceptors (Lipinski definition) is 3. The fourth-order valence-electron chi connectivity index (χ4n) is 2.60. The van der Waals surface area contributed by atoms with Gasteiger partial charge in [0.25, 0.3) is 0 Å². The van der Waals surface area contributed by atoms with Crippen LogP contribution < -0.4 is 5.73 Å². The second-order valence-electron chi connectivity index (χ2n) is 5.70. The van der Waals surface area contributed by atoms with Gasteiger partial charge in [-0.2, -0.15) is 0 Å². The van der Waals surface area contributed by atoms with E-state index in [4.69, 9.17) is 10.5 Å². The maximum absolute atomic E-state index is 6.25. The van der Waals surface area contributed by atoms with E-state index in [0.29, 0.717) is 0 Å². The van der Waals surface area contributed by atoms with Gasteiger partial charge in [0.05, 0.1) is 13.2 Å². The average molecular weight is 246 g/mol. The van der Waals surface area contributed by atoms with Gasteiger partial charge in [0.1, 0.15) is 0 Å². The van der Waals surface area contributed by atoms with Crippen molar-refractivity contribution in [1.29, 1.82) is 0 Å². The molecule has 1 aliphatic carbocycles. The second kappa shape index (κ2) is 5.00. The number of morpholine rings is 1. The first-order valence-electron chi connectivity index (χ1n) is 6.91. The first-order chi connectivity index (χ1) is 8.75. The summed E-state index contributed by atoms with van der Waals surface area (Å²) in [5.41, 5.74) is 9.22. The SMILES string of the molecule is NC1(Cc2ccccc2CN2CCOCC2)CC1. The minimum atomic E-state index is 0.0983. The molecule has 3 rings (SSSR count). The Hall–Kier alpha value is -0.900. The van der Waals surface area contributed by atoms with Crippen molar-refractivity contribution in [3.63, 3.8) is 0 Å². The number of nitrogens with zero attached hydrogens (tertiary/aromatic N) is 1. The Bertz CT molecular complexity index is 409. The molecule has 3 heteroatoms. The highest BCUT2D eigenvalue weighted by Crippen LogP contribution is 2.36. The van der Waals surface area contributed by atoms with Crippen molar-refractivity contribution in [1.82, 2.24) is 4.90 Å². The lowest BCUT2D eigenvalue weighted by Gasteiger charge is -2.27. The molecular weight excluding hydrogens is 224 g/mol. The van der Waals surface area contributed by atoms with Crippen LogP contribution in [0.4, 0.5) is 0 Å². The van der Waals surface area contributed by atoms with E-state index in [2.05, 4.69) is 29.2 Å². The molecular formula is C15H22N2O. The molecule has 2 N–H and O–H groups in total. The number of ether oxygens (including phenoxy) is 1. The zero-order valence-electron chi connectivity index (χ0n) is 10.9. The summed E-state index contributed by atoms with van der Waals surface area (Å²) >= 11 is 0. The lowest BCUT2D eigenvalue weighted by atomic mass is 9.99. The van der Waals surface area contributed by atoms with Crippen molar-refractivity contribution >= 4 is 0 Å². The van der Waals surface area contributed by atoms with Crippen molar-refractivity contribution in [2.24, 2.45) is 5.73 Å². The van der Waals surface area contributed by atoms with E-state index in [1.54, 1.807) is 0 Å². The summed E-state index contributed by atoms with van der Waals surface area (Å²) in [5.74, 6) is 0. The number of hydrogen-bond donors (Lipinski definition) is 1. The zero-order valence-corrected chi connectivity index (χ0v) is 10.9. The Morgan fingerprint density at radius 3 is 2.44 bits per heavy atom. The van der Waals surface area contributed by atoms with Gasteiger partial charge in [0, 0.05) is 25.2 Å². The Morgan fingerprint density at radius 1 is 1.11 bits per heavy atom. The molecule has 0 atom stereocenters. The van der Waals surface area contributed by atoms with E-state index in [9.17, 15) is 0 Å². The Balaban J connectivity index is 1.69. The molecule has 1 aromatic carbocycles. The molecule has 2 aliphatic rings. The first-order valence-corrected chi connectivity index (χ1v) is 6.91. The topological polar surface area (TPSA) is 38.5 Å². The van der Waals surface area contributed by atoms with Crippen molar-refractivity contribution in [3.05, 3.63) is 35.4 Å². The summed E-state index contributed by atoms with van der Waals surface area (Å²) in [7, 11) is 0. The monoisotopic (exact) mass is 246 g/mol. The van der Waals surface area contributed by atoms with Crippen molar-refractivity contribution in [2.75, 3.05) is 26.3 Å². The highest BCUT2D eigenvalue weighted by atomic mass is 16.5. The van der Waals surface area contributed by atoms with E-state index in [-0.39, 0.29) is 5.54 Å². The first kappa shape index (κ1) is 12.2. The molecule has 1 aliphatic heterocycles. The molecule has 1 saturated heterocycles. The van der Waals surface area contributed by atoms with Gasteiger partial charge in [0.2, 0.25) is 0 Å². The van der Waals surface area contributed by atoms with Crippen LogP contribution in [0.25, 0.3) is 0 Å². The molecule has 1 saturated carbocycles. The van der Waals surface area contributed by atoms with Gasteiger partial charge >= 0.3 is 0 Å². The number of nitrogens with two attached hydrogens (primary N) is 1. The zero-order chi connectivity index (χ0) is 12.4. The van der Waals surface area contributed by atoms with Crippen LogP contribution in [0, 0.1) is 0 Å². The lowest BCUT2D eigenvalue weighted by molar-refractivity contribution is 0.0340.